The molecule has 0 saturated heterocycles. The maximum Gasteiger partial charge on any atom is 0.236 e. The smallest absolute Gasteiger partial charge is 0.236 e. The van der Waals surface area contributed by atoms with E-state index in [0.29, 0.717) is 17.3 Å². The molecular formula is C14H18N4O. The molecule has 5 heteroatoms. The molecule has 2 rings (SSSR count). The van der Waals surface area contributed by atoms with Crippen molar-refractivity contribution in [1.29, 1.82) is 5.26 Å². The fourth-order valence-corrected chi connectivity index (χ4v) is 2.65. The lowest BCUT2D eigenvalue weighted by Gasteiger charge is -2.30. The predicted molar refractivity (Wildman–Crippen MR) is 74.4 cm³/mol. The number of rotatable bonds is 4. The van der Waals surface area contributed by atoms with Gasteiger partial charge in [0.05, 0.1) is 17.8 Å². The van der Waals surface area contributed by atoms with E-state index in [0.717, 1.165) is 18.5 Å². The summed E-state index contributed by atoms with van der Waals surface area (Å²) in [6, 6.07) is 7.64. The normalized spacial score (nSPS) is 15.1. The van der Waals surface area contributed by atoms with E-state index < -0.39 is 0 Å². The van der Waals surface area contributed by atoms with Gasteiger partial charge in [0.2, 0.25) is 5.91 Å². The topological polar surface area (TPSA) is 96.1 Å². The summed E-state index contributed by atoms with van der Waals surface area (Å²) in [5.41, 5.74) is 12.9. The standard InChI is InChI=1S/C14H18N4O/c15-8-10-5-6-12(7-13(10)16)18(9-14(17)19)11-3-1-2-4-11/h5-7,11H,1-4,9,16H2,(H2,17,19). The highest BCUT2D eigenvalue weighted by Gasteiger charge is 2.24. The summed E-state index contributed by atoms with van der Waals surface area (Å²) in [5.74, 6) is -0.352. The number of carbonyl (C=O) groups is 1. The highest BCUT2D eigenvalue weighted by atomic mass is 16.1. The summed E-state index contributed by atoms with van der Waals surface area (Å²) in [6.07, 6.45) is 4.47. The molecule has 1 amide bonds. The first-order valence-corrected chi connectivity index (χ1v) is 6.46. The molecule has 5 nitrogen and oxygen atoms in total. The predicted octanol–water partition coefficient (Wildman–Crippen LogP) is 1.37. The van der Waals surface area contributed by atoms with Crippen molar-refractivity contribution in [3.63, 3.8) is 0 Å². The van der Waals surface area contributed by atoms with Crippen LogP contribution >= 0.6 is 0 Å². The van der Waals surface area contributed by atoms with Gasteiger partial charge in [-0.3, -0.25) is 4.79 Å². The van der Waals surface area contributed by atoms with E-state index in [1.54, 1.807) is 12.1 Å². The number of amides is 1. The Balaban J connectivity index is 2.29. The van der Waals surface area contributed by atoms with Crippen LogP contribution in [0.1, 0.15) is 31.2 Å². The molecule has 0 spiro atoms. The quantitative estimate of drug-likeness (QED) is 0.797. The summed E-state index contributed by atoms with van der Waals surface area (Å²) < 4.78 is 0. The van der Waals surface area contributed by atoms with E-state index in [1.165, 1.54) is 12.8 Å². The van der Waals surface area contributed by atoms with Gasteiger partial charge in [0.15, 0.2) is 0 Å². The Hall–Kier alpha value is -2.22. The molecule has 0 unspecified atom stereocenters. The minimum absolute atomic E-state index is 0.190. The lowest BCUT2D eigenvalue weighted by molar-refractivity contribution is -0.116. The third-order valence-corrected chi connectivity index (χ3v) is 3.58. The van der Waals surface area contributed by atoms with Crippen LogP contribution in [0.15, 0.2) is 18.2 Å². The van der Waals surface area contributed by atoms with Gasteiger partial charge >= 0.3 is 0 Å². The van der Waals surface area contributed by atoms with Crippen LogP contribution in [0.4, 0.5) is 11.4 Å². The maximum absolute atomic E-state index is 11.2. The van der Waals surface area contributed by atoms with Gasteiger partial charge in [-0.15, -0.1) is 0 Å². The average Bonchev–Trinajstić information content (AvgIpc) is 2.89. The van der Waals surface area contributed by atoms with E-state index in [4.69, 9.17) is 16.7 Å². The van der Waals surface area contributed by atoms with Crippen molar-refractivity contribution >= 4 is 17.3 Å². The van der Waals surface area contributed by atoms with Gasteiger partial charge in [-0.2, -0.15) is 5.26 Å². The van der Waals surface area contributed by atoms with E-state index in [1.807, 2.05) is 17.0 Å². The fourth-order valence-electron chi connectivity index (χ4n) is 2.65. The van der Waals surface area contributed by atoms with Crippen molar-refractivity contribution in [2.75, 3.05) is 17.2 Å². The lowest BCUT2D eigenvalue weighted by Crippen LogP contribution is -2.40. The molecule has 0 bridgehead atoms. The Labute approximate surface area is 112 Å². The molecule has 4 N–H and O–H groups in total. The summed E-state index contributed by atoms with van der Waals surface area (Å²) in [6.45, 7) is 0.190. The number of benzene rings is 1. The largest absolute Gasteiger partial charge is 0.398 e. The number of hydrogen-bond acceptors (Lipinski definition) is 4. The number of anilines is 2. The molecule has 0 aromatic heterocycles. The van der Waals surface area contributed by atoms with Crippen LogP contribution in [0.2, 0.25) is 0 Å². The Morgan fingerprint density at radius 2 is 2.11 bits per heavy atom. The lowest BCUT2D eigenvalue weighted by atomic mass is 10.1. The molecule has 0 atom stereocenters. The fraction of sp³-hybridized carbons (Fsp3) is 0.429. The van der Waals surface area contributed by atoms with Crippen LogP contribution in [-0.2, 0) is 4.79 Å². The van der Waals surface area contributed by atoms with Crippen LogP contribution in [0, 0.1) is 11.3 Å². The van der Waals surface area contributed by atoms with Crippen LogP contribution in [0.3, 0.4) is 0 Å². The number of nitriles is 1. The highest BCUT2D eigenvalue weighted by Crippen LogP contribution is 2.29. The molecule has 19 heavy (non-hydrogen) atoms. The molecule has 0 aliphatic heterocycles. The molecule has 1 aromatic rings. The first kappa shape index (κ1) is 13.2. The average molecular weight is 258 g/mol. The third kappa shape index (κ3) is 2.97. The van der Waals surface area contributed by atoms with Gasteiger partial charge in [0, 0.05) is 11.7 Å². The highest BCUT2D eigenvalue weighted by molar-refractivity contribution is 5.80. The van der Waals surface area contributed by atoms with Crippen LogP contribution < -0.4 is 16.4 Å². The number of nitrogen functional groups attached to an aromatic ring is 1. The van der Waals surface area contributed by atoms with Crippen LogP contribution in [0.5, 0.6) is 0 Å². The number of hydrogen-bond donors (Lipinski definition) is 2. The van der Waals surface area contributed by atoms with E-state index in [2.05, 4.69) is 0 Å². The van der Waals surface area contributed by atoms with Crippen molar-refractivity contribution in [3.05, 3.63) is 23.8 Å². The Morgan fingerprint density at radius 3 is 2.63 bits per heavy atom. The summed E-state index contributed by atoms with van der Waals surface area (Å²) >= 11 is 0. The molecule has 1 aromatic carbocycles. The van der Waals surface area contributed by atoms with E-state index in [9.17, 15) is 4.79 Å². The molecular weight excluding hydrogens is 240 g/mol. The van der Waals surface area contributed by atoms with Gasteiger partial charge in [0.25, 0.3) is 0 Å². The number of nitrogens with zero attached hydrogens (tertiary/aromatic N) is 2. The first-order chi connectivity index (χ1) is 9.11. The molecule has 1 aliphatic rings. The molecule has 1 saturated carbocycles. The van der Waals surface area contributed by atoms with Gasteiger partial charge in [-0.1, -0.05) is 12.8 Å². The van der Waals surface area contributed by atoms with Crippen molar-refractivity contribution in [1.82, 2.24) is 0 Å². The molecule has 1 fully saturated rings. The Kier molecular flexibility index (Phi) is 3.91. The first-order valence-electron chi connectivity index (χ1n) is 6.46. The third-order valence-electron chi connectivity index (χ3n) is 3.58. The Morgan fingerprint density at radius 1 is 1.42 bits per heavy atom. The van der Waals surface area contributed by atoms with Crippen molar-refractivity contribution in [2.45, 2.75) is 31.7 Å². The van der Waals surface area contributed by atoms with E-state index in [-0.39, 0.29) is 12.5 Å². The van der Waals surface area contributed by atoms with E-state index >= 15 is 0 Å². The van der Waals surface area contributed by atoms with Crippen LogP contribution in [-0.4, -0.2) is 18.5 Å². The number of primary amides is 1. The molecule has 0 heterocycles. The van der Waals surface area contributed by atoms with Crippen molar-refractivity contribution in [3.8, 4) is 6.07 Å². The van der Waals surface area contributed by atoms with Gasteiger partial charge in [-0.25, -0.2) is 0 Å². The minimum Gasteiger partial charge on any atom is -0.398 e. The summed E-state index contributed by atoms with van der Waals surface area (Å²) in [7, 11) is 0. The second-order valence-electron chi connectivity index (χ2n) is 4.92. The van der Waals surface area contributed by atoms with Gasteiger partial charge < -0.3 is 16.4 Å². The minimum atomic E-state index is -0.352. The molecule has 0 radical (unpaired) electrons. The summed E-state index contributed by atoms with van der Waals surface area (Å²) in [4.78, 5) is 13.3. The second kappa shape index (κ2) is 5.61. The molecule has 100 valence electrons. The van der Waals surface area contributed by atoms with Crippen molar-refractivity contribution < 1.29 is 4.79 Å². The Bertz CT molecular complexity index is 515. The second-order valence-corrected chi connectivity index (χ2v) is 4.92. The zero-order valence-electron chi connectivity index (χ0n) is 10.8. The van der Waals surface area contributed by atoms with Crippen LogP contribution in [0.25, 0.3) is 0 Å². The maximum atomic E-state index is 11.2. The zero-order chi connectivity index (χ0) is 13.8. The summed E-state index contributed by atoms with van der Waals surface area (Å²) in [5, 5.41) is 8.89. The monoisotopic (exact) mass is 258 g/mol. The van der Waals surface area contributed by atoms with Crippen molar-refractivity contribution in [2.24, 2.45) is 5.73 Å². The number of nitrogens with two attached hydrogens (primary N) is 2. The zero-order valence-corrected chi connectivity index (χ0v) is 10.8. The SMILES string of the molecule is N#Cc1ccc(N(CC(N)=O)C2CCCC2)cc1N. The van der Waals surface area contributed by atoms with Gasteiger partial charge in [-0.05, 0) is 31.0 Å². The molecule has 1 aliphatic carbocycles. The van der Waals surface area contributed by atoms with Gasteiger partial charge in [0.1, 0.15) is 6.07 Å². The number of carbonyl (C=O) groups excluding carboxylic acids is 1.